The molecule has 3 heteroatoms. The molecule has 1 aromatic rings. The molecule has 2 N–H and O–H groups in total. The van der Waals surface area contributed by atoms with Crippen LogP contribution in [0.1, 0.15) is 62.4 Å². The van der Waals surface area contributed by atoms with Crippen molar-refractivity contribution in [1.29, 1.82) is 0 Å². The molecule has 6 atom stereocenters. The number of allylic oxidation sites excluding steroid dienone is 1. The molecule has 154 valence electrons. The zero-order chi connectivity index (χ0) is 21.0. The van der Waals surface area contributed by atoms with Crippen LogP contribution < -0.4 is 0 Å². The number of aliphatic hydroxyl groups excluding tert-OH is 2. The number of aliphatic hydroxyl groups is 2. The minimum absolute atomic E-state index is 0.0829. The first-order chi connectivity index (χ1) is 13.9. The van der Waals surface area contributed by atoms with Crippen molar-refractivity contribution < 1.29 is 15.0 Å². The smallest absolute Gasteiger partial charge is 0.159 e. The first-order valence-corrected chi connectivity index (χ1v) is 10.6. The summed E-state index contributed by atoms with van der Waals surface area (Å²) in [5, 5.41) is 20.9. The van der Waals surface area contributed by atoms with Crippen LogP contribution in [0.15, 0.2) is 42.0 Å². The van der Waals surface area contributed by atoms with E-state index in [1.54, 1.807) is 6.92 Å². The van der Waals surface area contributed by atoms with Crippen molar-refractivity contribution in [3.63, 3.8) is 0 Å². The Labute approximate surface area is 174 Å². The molecule has 0 aromatic heterocycles. The summed E-state index contributed by atoms with van der Waals surface area (Å²) in [4.78, 5) is 11.6. The minimum Gasteiger partial charge on any atom is -0.392 e. The molecule has 29 heavy (non-hydrogen) atoms. The number of Topliss-reactive ketones (excluding diaryl/α,β-unsaturated/α-hetero) is 1. The van der Waals surface area contributed by atoms with Crippen LogP contribution in [-0.2, 0) is 0 Å². The molecule has 2 saturated carbocycles. The molecule has 0 bridgehead atoms. The van der Waals surface area contributed by atoms with Crippen LogP contribution >= 0.6 is 0 Å². The molecule has 0 spiro atoms. The summed E-state index contributed by atoms with van der Waals surface area (Å²) < 4.78 is 0. The standard InChI is InChI=1S/C26H32O3/c1-4-5-7-17(2)25(28)11-10-23-24-15-20(14-22(24)16-26(23)29)12-19-8-6-9-21(13-19)18(3)27/h6,8-13,17,22-26,28-29H,7,14-16H2,1-3H3/t17-,22-,23-,24-,25+,26+/m0/s1. The highest BCUT2D eigenvalue weighted by atomic mass is 16.3. The lowest BCUT2D eigenvalue weighted by atomic mass is 9.89. The van der Waals surface area contributed by atoms with Crippen LogP contribution in [0.3, 0.4) is 0 Å². The minimum atomic E-state index is -0.534. The highest BCUT2D eigenvalue weighted by molar-refractivity contribution is 5.94. The van der Waals surface area contributed by atoms with Gasteiger partial charge in [-0.05, 0) is 62.5 Å². The fourth-order valence-electron chi connectivity index (χ4n) is 4.79. The average Bonchev–Trinajstić information content (AvgIpc) is 3.20. The number of carbonyl (C=O) groups excluding carboxylic acids is 1. The van der Waals surface area contributed by atoms with Gasteiger partial charge in [0.15, 0.2) is 5.78 Å². The monoisotopic (exact) mass is 392 g/mol. The lowest BCUT2D eigenvalue weighted by Crippen LogP contribution is -2.19. The fraction of sp³-hybridized carbons (Fsp3) is 0.500. The van der Waals surface area contributed by atoms with Crippen molar-refractivity contribution in [2.75, 3.05) is 0 Å². The summed E-state index contributed by atoms with van der Waals surface area (Å²) in [6.07, 6.45) is 8.69. The summed E-state index contributed by atoms with van der Waals surface area (Å²) in [6, 6.07) is 7.77. The van der Waals surface area contributed by atoms with E-state index in [-0.39, 0.29) is 23.7 Å². The molecule has 2 fully saturated rings. The van der Waals surface area contributed by atoms with Crippen molar-refractivity contribution in [2.45, 2.75) is 58.7 Å². The lowest BCUT2D eigenvalue weighted by Gasteiger charge is -2.19. The molecule has 2 aliphatic carbocycles. The van der Waals surface area contributed by atoms with E-state index in [4.69, 9.17) is 0 Å². The van der Waals surface area contributed by atoms with Gasteiger partial charge in [-0.2, -0.15) is 0 Å². The van der Waals surface area contributed by atoms with Gasteiger partial charge < -0.3 is 10.2 Å². The van der Waals surface area contributed by atoms with Crippen molar-refractivity contribution in [3.05, 3.63) is 53.1 Å². The van der Waals surface area contributed by atoms with Crippen LogP contribution in [0.4, 0.5) is 0 Å². The average molecular weight is 393 g/mol. The Morgan fingerprint density at radius 2 is 2.14 bits per heavy atom. The Morgan fingerprint density at radius 3 is 2.86 bits per heavy atom. The third kappa shape index (κ3) is 5.26. The molecule has 3 rings (SSSR count). The van der Waals surface area contributed by atoms with Crippen molar-refractivity contribution in [2.24, 2.45) is 23.7 Å². The Bertz CT molecular complexity index is 854. The maximum absolute atomic E-state index is 11.6. The van der Waals surface area contributed by atoms with E-state index >= 15 is 0 Å². The van der Waals surface area contributed by atoms with E-state index < -0.39 is 6.10 Å². The van der Waals surface area contributed by atoms with Gasteiger partial charge in [0.05, 0.1) is 12.2 Å². The maximum Gasteiger partial charge on any atom is 0.159 e. The molecule has 0 unspecified atom stereocenters. The van der Waals surface area contributed by atoms with Crippen LogP contribution in [0.2, 0.25) is 0 Å². The van der Waals surface area contributed by atoms with E-state index in [1.807, 2.05) is 50.3 Å². The fourth-order valence-corrected chi connectivity index (χ4v) is 4.79. The number of hydrogen-bond acceptors (Lipinski definition) is 3. The zero-order valence-corrected chi connectivity index (χ0v) is 17.6. The molecular weight excluding hydrogens is 360 g/mol. The Hall–Kier alpha value is -2.15. The Morgan fingerprint density at radius 1 is 1.34 bits per heavy atom. The van der Waals surface area contributed by atoms with Crippen LogP contribution in [0.5, 0.6) is 0 Å². The summed E-state index contributed by atoms with van der Waals surface area (Å²) in [7, 11) is 0. The molecule has 0 amide bonds. The second kappa shape index (κ2) is 9.57. The van der Waals surface area contributed by atoms with Crippen LogP contribution in [-0.4, -0.2) is 28.2 Å². The SMILES string of the molecule is CC#CC[C@H](C)[C@H](O)C=C[C@H]1[C@H]2CC(=Cc3cccc(C(C)=O)c3)C[C@H]2C[C@H]1O. The van der Waals surface area contributed by atoms with E-state index in [0.29, 0.717) is 18.3 Å². The molecule has 0 aliphatic heterocycles. The van der Waals surface area contributed by atoms with Gasteiger partial charge in [0, 0.05) is 17.9 Å². The third-order valence-electron chi connectivity index (χ3n) is 6.49. The summed E-state index contributed by atoms with van der Waals surface area (Å²) in [5.41, 5.74) is 3.20. The normalized spacial score (nSPS) is 29.5. The largest absolute Gasteiger partial charge is 0.392 e. The second-order valence-corrected chi connectivity index (χ2v) is 8.68. The predicted molar refractivity (Wildman–Crippen MR) is 117 cm³/mol. The van der Waals surface area contributed by atoms with Crippen molar-refractivity contribution in [3.8, 4) is 11.8 Å². The molecule has 0 heterocycles. The zero-order valence-electron chi connectivity index (χ0n) is 17.6. The topological polar surface area (TPSA) is 57.5 Å². The summed E-state index contributed by atoms with van der Waals surface area (Å²) >= 11 is 0. The number of carbonyl (C=O) groups is 1. The van der Waals surface area contributed by atoms with Gasteiger partial charge in [0.2, 0.25) is 0 Å². The lowest BCUT2D eigenvalue weighted by molar-refractivity contribution is 0.101. The molecule has 0 radical (unpaired) electrons. The van der Waals surface area contributed by atoms with Gasteiger partial charge in [-0.3, -0.25) is 4.79 Å². The third-order valence-corrected chi connectivity index (χ3v) is 6.49. The van der Waals surface area contributed by atoms with E-state index in [9.17, 15) is 15.0 Å². The van der Waals surface area contributed by atoms with Crippen molar-refractivity contribution >= 4 is 11.9 Å². The highest BCUT2D eigenvalue weighted by Gasteiger charge is 2.45. The quantitative estimate of drug-likeness (QED) is 0.421. The number of rotatable bonds is 6. The van der Waals surface area contributed by atoms with E-state index in [1.165, 1.54) is 5.57 Å². The van der Waals surface area contributed by atoms with Gasteiger partial charge in [-0.15, -0.1) is 11.8 Å². The molecule has 1 aromatic carbocycles. The molecule has 0 saturated heterocycles. The summed E-state index contributed by atoms with van der Waals surface area (Å²) in [6.45, 7) is 5.40. The maximum atomic E-state index is 11.6. The van der Waals surface area contributed by atoms with Gasteiger partial charge in [0.25, 0.3) is 0 Å². The molecule has 3 nitrogen and oxygen atoms in total. The van der Waals surface area contributed by atoms with E-state index in [2.05, 4.69) is 17.9 Å². The number of fused-ring (bicyclic) bond motifs is 1. The first kappa shape index (κ1) is 21.6. The second-order valence-electron chi connectivity index (χ2n) is 8.68. The number of benzene rings is 1. The Kier molecular flexibility index (Phi) is 7.11. The van der Waals surface area contributed by atoms with Gasteiger partial charge in [-0.25, -0.2) is 0 Å². The van der Waals surface area contributed by atoms with Crippen LogP contribution in [0.25, 0.3) is 6.08 Å². The van der Waals surface area contributed by atoms with E-state index in [0.717, 1.165) is 30.4 Å². The predicted octanol–water partition coefficient (Wildman–Crippen LogP) is 4.65. The molecular formula is C26H32O3. The van der Waals surface area contributed by atoms with Gasteiger partial charge in [0.1, 0.15) is 0 Å². The first-order valence-electron chi connectivity index (χ1n) is 10.6. The number of ketones is 1. The Balaban J connectivity index is 1.68. The van der Waals surface area contributed by atoms with Gasteiger partial charge >= 0.3 is 0 Å². The van der Waals surface area contributed by atoms with Crippen molar-refractivity contribution in [1.82, 2.24) is 0 Å². The van der Waals surface area contributed by atoms with Gasteiger partial charge in [-0.1, -0.05) is 48.9 Å². The number of hydrogen-bond donors (Lipinski definition) is 2. The summed E-state index contributed by atoms with van der Waals surface area (Å²) in [5.74, 6) is 7.06. The van der Waals surface area contributed by atoms with Crippen LogP contribution in [0, 0.1) is 35.5 Å². The molecule has 2 aliphatic rings. The highest BCUT2D eigenvalue weighted by Crippen LogP contribution is 2.50.